The van der Waals surface area contributed by atoms with Crippen molar-refractivity contribution < 1.29 is 18.7 Å². The Hall–Kier alpha value is -3.38. The molecule has 0 unspecified atom stereocenters. The van der Waals surface area contributed by atoms with Gasteiger partial charge in [-0.25, -0.2) is 4.39 Å². The van der Waals surface area contributed by atoms with Crippen molar-refractivity contribution >= 4 is 23.4 Å². The first-order valence-electron chi connectivity index (χ1n) is 11.2. The number of amides is 2. The molecule has 0 aliphatic heterocycles. The summed E-state index contributed by atoms with van der Waals surface area (Å²) in [6.07, 6.45) is 1.10. The van der Waals surface area contributed by atoms with Gasteiger partial charge in [0, 0.05) is 19.5 Å². The second-order valence-corrected chi connectivity index (χ2v) is 8.27. The molecule has 34 heavy (non-hydrogen) atoms. The van der Waals surface area contributed by atoms with Gasteiger partial charge in [-0.3, -0.25) is 9.59 Å². The highest BCUT2D eigenvalue weighted by atomic mass is 35.5. The van der Waals surface area contributed by atoms with Gasteiger partial charge in [-0.2, -0.15) is 0 Å². The smallest absolute Gasteiger partial charge is 0.261 e. The zero-order valence-corrected chi connectivity index (χ0v) is 19.8. The molecule has 3 rings (SSSR count). The summed E-state index contributed by atoms with van der Waals surface area (Å²) in [7, 11) is 0. The van der Waals surface area contributed by atoms with Crippen LogP contribution in [0.3, 0.4) is 0 Å². The zero-order valence-electron chi connectivity index (χ0n) is 19.0. The van der Waals surface area contributed by atoms with Gasteiger partial charge in [0.05, 0.1) is 5.02 Å². The molecule has 7 heteroatoms. The second-order valence-electron chi connectivity index (χ2n) is 7.86. The van der Waals surface area contributed by atoms with E-state index < -0.39 is 6.04 Å². The molecular formula is C27H28ClFN2O3. The van der Waals surface area contributed by atoms with Crippen LogP contribution in [0.25, 0.3) is 0 Å². The van der Waals surface area contributed by atoms with Crippen molar-refractivity contribution in [1.29, 1.82) is 0 Å². The van der Waals surface area contributed by atoms with Crippen molar-refractivity contribution in [1.82, 2.24) is 10.2 Å². The number of benzene rings is 3. The summed E-state index contributed by atoms with van der Waals surface area (Å²) >= 11 is 6.16. The van der Waals surface area contributed by atoms with E-state index in [4.69, 9.17) is 16.3 Å². The Labute approximate surface area is 204 Å². The van der Waals surface area contributed by atoms with E-state index in [2.05, 4.69) is 5.32 Å². The standard InChI is InChI=1S/C27H28ClFN2O3/c1-2-16-30-27(33)24(17-20-8-4-3-5-9-20)31(18-21-12-14-22(29)15-13-21)26(32)19-34-25-11-7-6-10-23(25)28/h3-15,24H,2,16-19H2,1H3,(H,30,33)/t24-/m0/s1. The Morgan fingerprint density at radius 1 is 0.971 bits per heavy atom. The largest absolute Gasteiger partial charge is 0.482 e. The predicted molar refractivity (Wildman–Crippen MR) is 131 cm³/mol. The number of carbonyl (C=O) groups excluding carboxylic acids is 2. The Balaban J connectivity index is 1.89. The van der Waals surface area contributed by atoms with E-state index in [1.807, 2.05) is 37.3 Å². The van der Waals surface area contributed by atoms with Gasteiger partial charge in [0.25, 0.3) is 5.91 Å². The summed E-state index contributed by atoms with van der Waals surface area (Å²) in [6, 6.07) is 21.5. The highest BCUT2D eigenvalue weighted by molar-refractivity contribution is 6.32. The summed E-state index contributed by atoms with van der Waals surface area (Å²) in [6.45, 7) is 2.30. The van der Waals surface area contributed by atoms with Gasteiger partial charge in [-0.1, -0.05) is 73.1 Å². The van der Waals surface area contributed by atoms with Crippen LogP contribution < -0.4 is 10.1 Å². The molecule has 0 bridgehead atoms. The molecule has 1 N–H and O–H groups in total. The number of nitrogens with zero attached hydrogens (tertiary/aromatic N) is 1. The molecule has 0 aromatic heterocycles. The maximum Gasteiger partial charge on any atom is 0.261 e. The van der Waals surface area contributed by atoms with E-state index in [0.717, 1.165) is 12.0 Å². The van der Waals surface area contributed by atoms with Crippen LogP contribution in [0.2, 0.25) is 5.02 Å². The zero-order chi connectivity index (χ0) is 24.3. The number of halogens is 2. The van der Waals surface area contributed by atoms with Gasteiger partial charge >= 0.3 is 0 Å². The third-order valence-corrected chi connectivity index (χ3v) is 5.59. The summed E-state index contributed by atoms with van der Waals surface area (Å²) in [4.78, 5) is 28.1. The SMILES string of the molecule is CCCNC(=O)[C@H](Cc1ccccc1)N(Cc1ccc(F)cc1)C(=O)COc1ccccc1Cl. The van der Waals surface area contributed by atoms with Crippen molar-refractivity contribution in [2.24, 2.45) is 0 Å². The minimum absolute atomic E-state index is 0.127. The average Bonchev–Trinajstić information content (AvgIpc) is 2.85. The van der Waals surface area contributed by atoms with Gasteiger partial charge in [0.1, 0.15) is 17.6 Å². The average molecular weight is 483 g/mol. The lowest BCUT2D eigenvalue weighted by atomic mass is 10.0. The van der Waals surface area contributed by atoms with E-state index in [9.17, 15) is 14.0 Å². The summed E-state index contributed by atoms with van der Waals surface area (Å²) in [5.74, 6) is -0.616. The minimum Gasteiger partial charge on any atom is -0.482 e. The minimum atomic E-state index is -0.777. The molecule has 178 valence electrons. The second kappa shape index (κ2) is 12.8. The Morgan fingerprint density at radius 2 is 1.65 bits per heavy atom. The van der Waals surface area contributed by atoms with Crippen molar-refractivity contribution in [3.05, 3.63) is 101 Å². The van der Waals surface area contributed by atoms with E-state index in [1.165, 1.54) is 17.0 Å². The van der Waals surface area contributed by atoms with Crippen LogP contribution in [-0.2, 0) is 22.6 Å². The van der Waals surface area contributed by atoms with Crippen molar-refractivity contribution in [2.75, 3.05) is 13.2 Å². The Bertz CT molecular complexity index is 1080. The van der Waals surface area contributed by atoms with Crippen LogP contribution in [-0.4, -0.2) is 35.9 Å². The van der Waals surface area contributed by atoms with E-state index in [0.29, 0.717) is 29.3 Å². The maximum atomic E-state index is 13.5. The summed E-state index contributed by atoms with van der Waals surface area (Å²) in [5.41, 5.74) is 1.62. The molecule has 3 aromatic rings. The van der Waals surface area contributed by atoms with Gasteiger partial charge in [-0.15, -0.1) is 0 Å². The number of hydrogen-bond donors (Lipinski definition) is 1. The maximum absolute atomic E-state index is 13.5. The molecule has 0 aliphatic carbocycles. The molecule has 0 spiro atoms. The molecule has 0 saturated carbocycles. The van der Waals surface area contributed by atoms with Crippen molar-refractivity contribution in [3.8, 4) is 5.75 Å². The highest BCUT2D eigenvalue weighted by Gasteiger charge is 2.30. The van der Waals surface area contributed by atoms with Crippen molar-refractivity contribution in [3.63, 3.8) is 0 Å². The van der Waals surface area contributed by atoms with E-state index in [1.54, 1.807) is 36.4 Å². The van der Waals surface area contributed by atoms with Gasteiger partial charge in [0.2, 0.25) is 5.91 Å². The van der Waals surface area contributed by atoms with Gasteiger partial charge < -0.3 is 15.0 Å². The fourth-order valence-corrected chi connectivity index (χ4v) is 3.68. The van der Waals surface area contributed by atoms with E-state index in [-0.39, 0.29) is 30.8 Å². The highest BCUT2D eigenvalue weighted by Crippen LogP contribution is 2.23. The molecule has 0 aliphatic rings. The number of nitrogens with one attached hydrogen (secondary N) is 1. The number of carbonyl (C=O) groups is 2. The Kier molecular flexibility index (Phi) is 9.47. The molecule has 0 radical (unpaired) electrons. The molecule has 2 amide bonds. The molecule has 1 atom stereocenters. The Morgan fingerprint density at radius 3 is 2.32 bits per heavy atom. The van der Waals surface area contributed by atoms with Crippen LogP contribution in [0.1, 0.15) is 24.5 Å². The summed E-state index contributed by atoms with van der Waals surface area (Å²) in [5, 5.41) is 3.30. The van der Waals surface area contributed by atoms with Crippen LogP contribution >= 0.6 is 11.6 Å². The summed E-state index contributed by atoms with van der Waals surface area (Å²) < 4.78 is 19.1. The first kappa shape index (κ1) is 25.2. The lowest BCUT2D eigenvalue weighted by molar-refractivity contribution is -0.142. The third kappa shape index (κ3) is 7.32. The topological polar surface area (TPSA) is 58.6 Å². The molecule has 5 nitrogen and oxygen atoms in total. The molecule has 0 saturated heterocycles. The molecule has 0 heterocycles. The van der Waals surface area contributed by atoms with Crippen LogP contribution in [0, 0.1) is 5.82 Å². The predicted octanol–water partition coefficient (Wildman–Crippen LogP) is 5.02. The normalized spacial score (nSPS) is 11.5. The molecule has 3 aromatic carbocycles. The van der Waals surface area contributed by atoms with Gasteiger partial charge in [0.15, 0.2) is 6.61 Å². The lowest BCUT2D eigenvalue weighted by Gasteiger charge is -2.31. The quantitative estimate of drug-likeness (QED) is 0.417. The fraction of sp³-hybridized carbons (Fsp3) is 0.259. The fourth-order valence-electron chi connectivity index (χ4n) is 3.49. The molecular weight excluding hydrogens is 455 g/mol. The number of ether oxygens (including phenoxy) is 1. The van der Waals surface area contributed by atoms with Gasteiger partial charge in [-0.05, 0) is 41.8 Å². The first-order chi connectivity index (χ1) is 16.5. The third-order valence-electron chi connectivity index (χ3n) is 5.27. The monoisotopic (exact) mass is 482 g/mol. The van der Waals surface area contributed by atoms with Crippen LogP contribution in [0.5, 0.6) is 5.75 Å². The number of hydrogen-bond acceptors (Lipinski definition) is 3. The number of rotatable bonds is 11. The van der Waals surface area contributed by atoms with Crippen LogP contribution in [0.4, 0.5) is 4.39 Å². The van der Waals surface area contributed by atoms with E-state index >= 15 is 0 Å². The molecule has 0 fully saturated rings. The van der Waals surface area contributed by atoms with Crippen molar-refractivity contribution in [2.45, 2.75) is 32.4 Å². The van der Waals surface area contributed by atoms with Crippen LogP contribution in [0.15, 0.2) is 78.9 Å². The lowest BCUT2D eigenvalue weighted by Crippen LogP contribution is -2.51. The first-order valence-corrected chi connectivity index (χ1v) is 11.6. The number of para-hydroxylation sites is 1.